The van der Waals surface area contributed by atoms with Gasteiger partial charge in [-0.25, -0.2) is 4.98 Å². The molecule has 124 valence electrons. The van der Waals surface area contributed by atoms with Gasteiger partial charge in [0, 0.05) is 35.7 Å². The number of nitrogens with two attached hydrogens (primary N) is 1. The minimum Gasteiger partial charge on any atom is -0.356 e. The summed E-state index contributed by atoms with van der Waals surface area (Å²) in [5.41, 5.74) is 3.50. The summed E-state index contributed by atoms with van der Waals surface area (Å²) < 4.78 is 1.89. The first kappa shape index (κ1) is 15.4. The molecule has 2 N–H and O–H groups in total. The Hall–Kier alpha value is -2.12. The van der Waals surface area contributed by atoms with E-state index >= 15 is 0 Å². The molecular formula is C17H20N6S. The van der Waals surface area contributed by atoms with E-state index in [2.05, 4.69) is 51.2 Å². The maximum absolute atomic E-state index is 5.62. The zero-order chi connectivity index (χ0) is 16.5. The molecule has 0 saturated carbocycles. The fraction of sp³-hybridized carbons (Fsp3) is 0.353. The molecular weight excluding hydrogens is 320 g/mol. The van der Waals surface area contributed by atoms with Crippen molar-refractivity contribution in [1.29, 1.82) is 0 Å². The molecule has 0 aliphatic carbocycles. The molecule has 3 heterocycles. The van der Waals surface area contributed by atoms with Gasteiger partial charge in [0.05, 0.1) is 0 Å². The van der Waals surface area contributed by atoms with Crippen molar-refractivity contribution in [3.8, 4) is 0 Å². The molecule has 1 fully saturated rings. The van der Waals surface area contributed by atoms with Crippen LogP contribution in [0.1, 0.15) is 29.7 Å². The summed E-state index contributed by atoms with van der Waals surface area (Å²) in [4.78, 5) is 12.4. The first-order valence-electron chi connectivity index (χ1n) is 8.16. The van der Waals surface area contributed by atoms with Crippen LogP contribution in [0.3, 0.4) is 0 Å². The van der Waals surface area contributed by atoms with Crippen molar-refractivity contribution < 1.29 is 0 Å². The third-order valence-electron chi connectivity index (χ3n) is 4.55. The average molecular weight is 340 g/mol. The summed E-state index contributed by atoms with van der Waals surface area (Å²) in [7, 11) is 0. The van der Waals surface area contributed by atoms with Gasteiger partial charge in [-0.3, -0.25) is 5.14 Å². The van der Waals surface area contributed by atoms with Gasteiger partial charge in [0.15, 0.2) is 0 Å². The van der Waals surface area contributed by atoms with E-state index in [1.54, 1.807) is 6.33 Å². The second-order valence-electron chi connectivity index (χ2n) is 6.10. The van der Waals surface area contributed by atoms with Crippen LogP contribution in [-0.2, 0) is 6.42 Å². The van der Waals surface area contributed by atoms with Crippen molar-refractivity contribution in [2.45, 2.75) is 31.1 Å². The molecule has 0 radical (unpaired) electrons. The van der Waals surface area contributed by atoms with Gasteiger partial charge < -0.3 is 4.90 Å². The predicted molar refractivity (Wildman–Crippen MR) is 96.3 cm³/mol. The SMILES string of the molecule is Cc1nc2ncnn2c(N2CCCC2)c1Cc1ccc(SN)cc1. The van der Waals surface area contributed by atoms with Gasteiger partial charge in [0.2, 0.25) is 0 Å². The summed E-state index contributed by atoms with van der Waals surface area (Å²) in [5.74, 6) is 1.82. The molecule has 6 nitrogen and oxygen atoms in total. The fourth-order valence-corrected chi connectivity index (χ4v) is 3.61. The zero-order valence-corrected chi connectivity index (χ0v) is 14.5. The first-order chi connectivity index (χ1) is 11.8. The van der Waals surface area contributed by atoms with Crippen molar-refractivity contribution in [2.75, 3.05) is 18.0 Å². The number of fused-ring (bicyclic) bond motifs is 1. The van der Waals surface area contributed by atoms with E-state index in [4.69, 9.17) is 5.14 Å². The molecule has 2 aromatic heterocycles. The van der Waals surface area contributed by atoms with Crippen LogP contribution in [0.2, 0.25) is 0 Å². The van der Waals surface area contributed by atoms with E-state index < -0.39 is 0 Å². The van der Waals surface area contributed by atoms with Gasteiger partial charge in [-0.15, -0.1) is 0 Å². The highest BCUT2D eigenvalue weighted by atomic mass is 32.2. The first-order valence-corrected chi connectivity index (χ1v) is 9.04. The maximum Gasteiger partial charge on any atom is 0.254 e. The molecule has 4 rings (SSSR count). The van der Waals surface area contributed by atoms with Crippen LogP contribution in [0.4, 0.5) is 5.82 Å². The van der Waals surface area contributed by atoms with E-state index in [1.165, 1.54) is 35.9 Å². The Morgan fingerprint density at radius 3 is 2.62 bits per heavy atom. The zero-order valence-electron chi connectivity index (χ0n) is 13.6. The quantitative estimate of drug-likeness (QED) is 0.736. The van der Waals surface area contributed by atoms with E-state index in [0.717, 1.165) is 35.9 Å². The lowest BCUT2D eigenvalue weighted by Crippen LogP contribution is -2.24. The lowest BCUT2D eigenvalue weighted by molar-refractivity contribution is 0.825. The van der Waals surface area contributed by atoms with Crippen LogP contribution >= 0.6 is 11.9 Å². The second-order valence-corrected chi connectivity index (χ2v) is 6.81. The number of benzene rings is 1. The van der Waals surface area contributed by atoms with E-state index in [-0.39, 0.29) is 0 Å². The van der Waals surface area contributed by atoms with Crippen molar-refractivity contribution >= 4 is 23.5 Å². The Kier molecular flexibility index (Phi) is 4.12. The minimum atomic E-state index is 0.674. The van der Waals surface area contributed by atoms with E-state index in [9.17, 15) is 0 Å². The van der Waals surface area contributed by atoms with Gasteiger partial charge >= 0.3 is 0 Å². The van der Waals surface area contributed by atoms with Crippen molar-refractivity contribution in [2.24, 2.45) is 5.14 Å². The maximum atomic E-state index is 5.62. The van der Waals surface area contributed by atoms with Gasteiger partial charge in [-0.2, -0.15) is 14.6 Å². The van der Waals surface area contributed by atoms with Crippen LogP contribution in [-0.4, -0.2) is 32.7 Å². The predicted octanol–water partition coefficient (Wildman–Crippen LogP) is 2.59. The molecule has 1 aromatic carbocycles. The van der Waals surface area contributed by atoms with E-state index in [1.807, 2.05) is 4.52 Å². The summed E-state index contributed by atoms with van der Waals surface area (Å²) in [6.07, 6.45) is 4.85. The molecule has 0 unspecified atom stereocenters. The van der Waals surface area contributed by atoms with Crippen LogP contribution in [0.15, 0.2) is 35.5 Å². The highest BCUT2D eigenvalue weighted by Gasteiger charge is 2.22. The van der Waals surface area contributed by atoms with Crippen LogP contribution in [0, 0.1) is 6.92 Å². The van der Waals surface area contributed by atoms with Crippen molar-refractivity contribution in [3.63, 3.8) is 0 Å². The summed E-state index contributed by atoms with van der Waals surface area (Å²) in [6.45, 7) is 4.19. The van der Waals surface area contributed by atoms with E-state index in [0.29, 0.717) is 5.78 Å². The molecule has 0 atom stereocenters. The molecule has 7 heteroatoms. The average Bonchev–Trinajstić information content (AvgIpc) is 3.27. The Bertz CT molecular complexity index is 851. The van der Waals surface area contributed by atoms with Gasteiger partial charge in [0.25, 0.3) is 5.78 Å². The third kappa shape index (κ3) is 2.74. The van der Waals surface area contributed by atoms with Gasteiger partial charge in [0.1, 0.15) is 12.1 Å². The second kappa shape index (κ2) is 6.41. The normalized spacial score (nSPS) is 14.7. The van der Waals surface area contributed by atoms with Crippen molar-refractivity contribution in [1.82, 2.24) is 19.6 Å². The lowest BCUT2D eigenvalue weighted by atomic mass is 10.0. The molecule has 0 bridgehead atoms. The standard InChI is InChI=1S/C17H20N6S/c1-12-15(10-13-4-6-14(24-18)7-5-13)16(22-8-2-3-9-22)23-17(21-12)19-11-20-23/h4-7,11H,2-3,8-10,18H2,1H3. The van der Waals surface area contributed by atoms with Crippen LogP contribution < -0.4 is 10.0 Å². The van der Waals surface area contributed by atoms with Crippen molar-refractivity contribution in [3.05, 3.63) is 47.4 Å². The minimum absolute atomic E-state index is 0.674. The Balaban J connectivity index is 1.80. The number of aromatic nitrogens is 4. The molecule has 3 aromatic rings. The monoisotopic (exact) mass is 340 g/mol. The highest BCUT2D eigenvalue weighted by molar-refractivity contribution is 7.97. The number of hydrogen-bond donors (Lipinski definition) is 1. The Morgan fingerprint density at radius 1 is 1.17 bits per heavy atom. The van der Waals surface area contributed by atoms with Crippen LogP contribution in [0.5, 0.6) is 0 Å². The highest BCUT2D eigenvalue weighted by Crippen LogP contribution is 2.29. The molecule has 1 saturated heterocycles. The molecule has 1 aliphatic heterocycles. The van der Waals surface area contributed by atoms with Crippen LogP contribution in [0.25, 0.3) is 5.78 Å². The lowest BCUT2D eigenvalue weighted by Gasteiger charge is -2.23. The number of hydrogen-bond acceptors (Lipinski definition) is 6. The molecule has 24 heavy (non-hydrogen) atoms. The van der Waals surface area contributed by atoms with Gasteiger partial charge in [-0.1, -0.05) is 12.1 Å². The Labute approximate surface area is 145 Å². The summed E-state index contributed by atoms with van der Waals surface area (Å²) in [5, 5.41) is 10.0. The Morgan fingerprint density at radius 2 is 1.92 bits per heavy atom. The summed E-state index contributed by atoms with van der Waals surface area (Å²) >= 11 is 1.27. The van der Waals surface area contributed by atoms with Gasteiger partial charge in [-0.05, 0) is 49.4 Å². The number of nitrogens with zero attached hydrogens (tertiary/aromatic N) is 5. The number of rotatable bonds is 4. The molecule has 1 aliphatic rings. The number of anilines is 1. The summed E-state index contributed by atoms with van der Waals surface area (Å²) in [6, 6.07) is 8.39. The largest absolute Gasteiger partial charge is 0.356 e. The third-order valence-corrected chi connectivity index (χ3v) is 5.10. The molecule has 0 spiro atoms. The number of aryl methyl sites for hydroxylation is 1. The smallest absolute Gasteiger partial charge is 0.254 e. The molecule has 0 amide bonds. The topological polar surface area (TPSA) is 72.3 Å². The fourth-order valence-electron chi connectivity index (χ4n) is 3.32.